The second-order valence-electron chi connectivity index (χ2n) is 7.78. The molecule has 0 saturated heterocycles. The molecule has 3 aromatic carbocycles. The van der Waals surface area contributed by atoms with Gasteiger partial charge >= 0.3 is 0 Å². The SMILES string of the molecule is C[C@H](Sc1nnc(CNc2ccc(I)cc2)n1-c1ccccc1)C(=O)N/N=C\c1cccc([N+](=O)[O-])c1. The molecule has 37 heavy (non-hydrogen) atoms. The van der Waals surface area contributed by atoms with Crippen molar-refractivity contribution in [3.8, 4) is 5.69 Å². The summed E-state index contributed by atoms with van der Waals surface area (Å²) in [6, 6.07) is 23.7. The maximum Gasteiger partial charge on any atom is 0.270 e. The molecule has 0 unspecified atom stereocenters. The number of nitro benzene ring substituents is 1. The Hall–Kier alpha value is -3.78. The van der Waals surface area contributed by atoms with Crippen LogP contribution >= 0.6 is 34.4 Å². The van der Waals surface area contributed by atoms with Gasteiger partial charge in [0.05, 0.1) is 22.9 Å². The molecule has 0 radical (unpaired) electrons. The van der Waals surface area contributed by atoms with Crippen molar-refractivity contribution < 1.29 is 9.72 Å². The van der Waals surface area contributed by atoms with E-state index in [1.54, 1.807) is 19.1 Å². The average molecular weight is 627 g/mol. The van der Waals surface area contributed by atoms with Gasteiger partial charge in [-0.15, -0.1) is 10.2 Å². The molecule has 2 N–H and O–H groups in total. The molecular weight excluding hydrogens is 605 g/mol. The van der Waals surface area contributed by atoms with Gasteiger partial charge in [-0.05, 0) is 65.9 Å². The molecule has 10 nitrogen and oxygen atoms in total. The summed E-state index contributed by atoms with van der Waals surface area (Å²) in [6.07, 6.45) is 1.36. The van der Waals surface area contributed by atoms with Crippen molar-refractivity contribution in [2.45, 2.75) is 23.9 Å². The van der Waals surface area contributed by atoms with Crippen LogP contribution < -0.4 is 10.7 Å². The third-order valence-corrected chi connectivity index (χ3v) is 6.89. The van der Waals surface area contributed by atoms with Crippen molar-refractivity contribution >= 4 is 57.8 Å². The van der Waals surface area contributed by atoms with Gasteiger partial charge in [-0.3, -0.25) is 19.5 Å². The van der Waals surface area contributed by atoms with E-state index >= 15 is 0 Å². The number of hydrogen-bond acceptors (Lipinski definition) is 8. The smallest absolute Gasteiger partial charge is 0.270 e. The molecule has 0 saturated carbocycles. The van der Waals surface area contributed by atoms with E-state index in [2.05, 4.69) is 48.6 Å². The van der Waals surface area contributed by atoms with E-state index in [-0.39, 0.29) is 11.6 Å². The Labute approximate surface area is 230 Å². The Morgan fingerprint density at radius 1 is 1.14 bits per heavy atom. The van der Waals surface area contributed by atoms with Crippen molar-refractivity contribution in [3.63, 3.8) is 0 Å². The Morgan fingerprint density at radius 3 is 2.62 bits per heavy atom. The first-order valence-corrected chi connectivity index (χ1v) is 13.1. The fourth-order valence-corrected chi connectivity index (χ4v) is 4.51. The number of nitrogens with one attached hydrogen (secondary N) is 2. The molecular formula is C25H22IN7O3S. The molecule has 0 bridgehead atoms. The standard InChI is InChI=1S/C25H22IN7O3S/c1-17(24(34)30-28-15-18-6-5-9-22(14-18)33(35)36)37-25-31-29-23(32(25)21-7-3-2-4-8-21)16-27-20-12-10-19(26)11-13-20/h2-15,17,27H,16H2,1H3,(H,30,34)/b28-15-/t17-/m0/s1. The third-order valence-electron chi connectivity index (χ3n) is 5.13. The number of para-hydroxylation sites is 1. The molecule has 1 amide bonds. The molecule has 1 aromatic heterocycles. The largest absolute Gasteiger partial charge is 0.378 e. The van der Waals surface area contributed by atoms with Gasteiger partial charge in [-0.1, -0.05) is 42.1 Å². The Kier molecular flexibility index (Phi) is 8.85. The minimum absolute atomic E-state index is 0.0493. The lowest BCUT2D eigenvalue weighted by atomic mass is 10.2. The van der Waals surface area contributed by atoms with E-state index in [4.69, 9.17) is 0 Å². The van der Waals surface area contributed by atoms with Crippen LogP contribution in [0.3, 0.4) is 0 Å². The van der Waals surface area contributed by atoms with E-state index in [1.165, 1.54) is 30.1 Å². The summed E-state index contributed by atoms with van der Waals surface area (Å²) in [5, 5.41) is 27.0. The predicted octanol–water partition coefficient (Wildman–Crippen LogP) is 5.02. The van der Waals surface area contributed by atoms with Gasteiger partial charge < -0.3 is 5.32 Å². The van der Waals surface area contributed by atoms with Crippen LogP contribution in [-0.4, -0.2) is 37.1 Å². The first-order valence-electron chi connectivity index (χ1n) is 11.1. The van der Waals surface area contributed by atoms with Crippen LogP contribution in [0.5, 0.6) is 0 Å². The van der Waals surface area contributed by atoms with E-state index in [0.717, 1.165) is 14.9 Å². The number of hydrazone groups is 1. The molecule has 12 heteroatoms. The number of hydrogen-bond donors (Lipinski definition) is 2. The van der Waals surface area contributed by atoms with Gasteiger partial charge in [0.2, 0.25) is 0 Å². The zero-order chi connectivity index (χ0) is 26.2. The third kappa shape index (κ3) is 7.13. The zero-order valence-electron chi connectivity index (χ0n) is 19.6. The number of halogens is 1. The number of anilines is 1. The first kappa shape index (κ1) is 26.3. The zero-order valence-corrected chi connectivity index (χ0v) is 22.6. The maximum absolute atomic E-state index is 12.7. The topological polar surface area (TPSA) is 127 Å². The lowest BCUT2D eigenvalue weighted by Crippen LogP contribution is -2.27. The molecule has 0 fully saturated rings. The number of nitro groups is 1. The lowest BCUT2D eigenvalue weighted by Gasteiger charge is -2.13. The molecule has 0 aliphatic rings. The average Bonchev–Trinajstić information content (AvgIpc) is 3.31. The number of rotatable bonds is 10. The molecule has 188 valence electrons. The van der Waals surface area contributed by atoms with E-state index in [9.17, 15) is 14.9 Å². The first-order chi connectivity index (χ1) is 17.9. The molecule has 0 aliphatic heterocycles. The number of non-ortho nitro benzene ring substituents is 1. The number of benzene rings is 3. The van der Waals surface area contributed by atoms with Gasteiger partial charge in [0.15, 0.2) is 11.0 Å². The van der Waals surface area contributed by atoms with Crippen molar-refractivity contribution in [2.75, 3.05) is 5.32 Å². The van der Waals surface area contributed by atoms with E-state index in [1.807, 2.05) is 59.2 Å². The summed E-state index contributed by atoms with van der Waals surface area (Å²) >= 11 is 3.52. The summed E-state index contributed by atoms with van der Waals surface area (Å²) in [6.45, 7) is 2.19. The number of carbonyl (C=O) groups excluding carboxylic acids is 1. The number of nitrogens with zero attached hydrogens (tertiary/aromatic N) is 5. The number of carbonyl (C=O) groups is 1. The highest BCUT2D eigenvalue weighted by molar-refractivity contribution is 14.1. The summed E-state index contributed by atoms with van der Waals surface area (Å²) in [7, 11) is 0. The monoisotopic (exact) mass is 627 g/mol. The second kappa shape index (κ2) is 12.5. The minimum Gasteiger partial charge on any atom is -0.378 e. The Balaban J connectivity index is 1.45. The quantitative estimate of drug-likeness (QED) is 0.0831. The van der Waals surface area contributed by atoms with Crippen LogP contribution in [-0.2, 0) is 11.3 Å². The van der Waals surface area contributed by atoms with Gasteiger partial charge in [-0.2, -0.15) is 5.10 Å². The summed E-state index contributed by atoms with van der Waals surface area (Å²) in [4.78, 5) is 23.1. The molecule has 4 aromatic rings. The van der Waals surface area contributed by atoms with Crippen molar-refractivity contribution in [2.24, 2.45) is 5.10 Å². The van der Waals surface area contributed by atoms with Crippen LogP contribution in [0.1, 0.15) is 18.3 Å². The van der Waals surface area contributed by atoms with E-state index in [0.29, 0.717) is 23.1 Å². The lowest BCUT2D eigenvalue weighted by molar-refractivity contribution is -0.384. The van der Waals surface area contributed by atoms with Crippen LogP contribution in [0.25, 0.3) is 5.69 Å². The van der Waals surface area contributed by atoms with Crippen LogP contribution in [0.2, 0.25) is 0 Å². The van der Waals surface area contributed by atoms with E-state index < -0.39 is 10.2 Å². The summed E-state index contributed by atoms with van der Waals surface area (Å²) in [5.41, 5.74) is 4.79. The molecule has 0 spiro atoms. The van der Waals surface area contributed by atoms with Gasteiger partial charge in [0.1, 0.15) is 0 Å². The number of thioether (sulfide) groups is 1. The predicted molar refractivity (Wildman–Crippen MR) is 152 cm³/mol. The van der Waals surface area contributed by atoms with Crippen LogP contribution in [0, 0.1) is 13.7 Å². The van der Waals surface area contributed by atoms with Gasteiger partial charge in [0.25, 0.3) is 11.6 Å². The summed E-state index contributed by atoms with van der Waals surface area (Å²) < 4.78 is 3.07. The highest BCUT2D eigenvalue weighted by Gasteiger charge is 2.21. The van der Waals surface area contributed by atoms with Gasteiger partial charge in [-0.25, -0.2) is 5.43 Å². The minimum atomic E-state index is -0.536. The number of amides is 1. The molecule has 1 heterocycles. The second-order valence-corrected chi connectivity index (χ2v) is 10.3. The number of aromatic nitrogens is 3. The Morgan fingerprint density at radius 2 is 1.89 bits per heavy atom. The highest BCUT2D eigenvalue weighted by atomic mass is 127. The molecule has 1 atom stereocenters. The fourth-order valence-electron chi connectivity index (χ4n) is 3.27. The van der Waals surface area contributed by atoms with Crippen molar-refractivity contribution in [1.82, 2.24) is 20.2 Å². The van der Waals surface area contributed by atoms with Crippen molar-refractivity contribution in [3.05, 3.63) is 104 Å². The summed E-state index contributed by atoms with van der Waals surface area (Å²) in [5.74, 6) is 0.358. The normalized spacial score (nSPS) is 11.8. The molecule has 0 aliphatic carbocycles. The van der Waals surface area contributed by atoms with Crippen molar-refractivity contribution in [1.29, 1.82) is 0 Å². The molecule has 4 rings (SSSR count). The van der Waals surface area contributed by atoms with Crippen LogP contribution in [0.4, 0.5) is 11.4 Å². The Bertz CT molecular complexity index is 1410. The van der Waals surface area contributed by atoms with Gasteiger partial charge in [0, 0.05) is 32.6 Å². The van der Waals surface area contributed by atoms with Crippen LogP contribution in [0.15, 0.2) is 89.1 Å². The fraction of sp³-hybridized carbons (Fsp3) is 0.120. The maximum atomic E-state index is 12.7. The highest BCUT2D eigenvalue weighted by Crippen LogP contribution is 2.26.